The molecule has 2 nitrogen and oxygen atoms in total. The number of nitrogens with zero attached hydrogens (tertiary/aromatic N) is 1. The van der Waals surface area contributed by atoms with Crippen molar-refractivity contribution >= 4 is 0 Å². The van der Waals surface area contributed by atoms with Gasteiger partial charge in [-0.1, -0.05) is 27.7 Å². The van der Waals surface area contributed by atoms with Gasteiger partial charge in [0, 0.05) is 18.6 Å². The molecule has 0 saturated heterocycles. The molecule has 0 spiro atoms. The highest BCUT2D eigenvalue weighted by Crippen LogP contribution is 2.07. The third-order valence-corrected chi connectivity index (χ3v) is 3.06. The van der Waals surface area contributed by atoms with Gasteiger partial charge >= 0.3 is 0 Å². The summed E-state index contributed by atoms with van der Waals surface area (Å²) in [5, 5.41) is 3.52. The van der Waals surface area contributed by atoms with Crippen LogP contribution >= 0.6 is 0 Å². The lowest BCUT2D eigenvalue weighted by molar-refractivity contribution is 0.204. The lowest BCUT2D eigenvalue weighted by atomic mass is 10.1. The van der Waals surface area contributed by atoms with Gasteiger partial charge in [-0.25, -0.2) is 0 Å². The van der Waals surface area contributed by atoms with Crippen molar-refractivity contribution in [2.45, 2.75) is 59.0 Å². The van der Waals surface area contributed by atoms with Crippen molar-refractivity contribution in [2.75, 3.05) is 20.1 Å². The Hall–Kier alpha value is -0.0800. The number of likely N-dealkylation sites (N-methyl/N-ethyl adjacent to an activating group) is 2. The van der Waals surface area contributed by atoms with Crippen LogP contribution in [-0.2, 0) is 0 Å². The fourth-order valence-corrected chi connectivity index (χ4v) is 2.04. The van der Waals surface area contributed by atoms with Crippen molar-refractivity contribution in [3.63, 3.8) is 0 Å². The molecule has 0 heterocycles. The maximum Gasteiger partial charge on any atom is 0.0192 e. The Morgan fingerprint density at radius 3 is 1.93 bits per heavy atom. The van der Waals surface area contributed by atoms with Crippen LogP contribution in [0.2, 0.25) is 0 Å². The Kier molecular flexibility index (Phi) is 8.20. The minimum absolute atomic E-state index is 0.658. The third-order valence-electron chi connectivity index (χ3n) is 3.06. The van der Waals surface area contributed by atoms with Crippen LogP contribution in [0, 0.1) is 0 Å². The van der Waals surface area contributed by atoms with Crippen LogP contribution in [0.15, 0.2) is 0 Å². The Morgan fingerprint density at radius 1 is 1.00 bits per heavy atom. The summed E-state index contributed by atoms with van der Waals surface area (Å²) in [5.41, 5.74) is 0. The normalized spacial score (nSPS) is 13.9. The van der Waals surface area contributed by atoms with Crippen LogP contribution in [0.25, 0.3) is 0 Å². The van der Waals surface area contributed by atoms with Crippen LogP contribution in [0.3, 0.4) is 0 Å². The van der Waals surface area contributed by atoms with Crippen molar-refractivity contribution in [3.8, 4) is 0 Å². The fraction of sp³-hybridized carbons (Fsp3) is 1.00. The van der Waals surface area contributed by atoms with Gasteiger partial charge in [0.1, 0.15) is 0 Å². The summed E-state index contributed by atoms with van der Waals surface area (Å²) in [5.74, 6) is 0. The summed E-state index contributed by atoms with van der Waals surface area (Å²) in [6, 6.07) is 1.41. The molecule has 0 fully saturated rings. The Morgan fingerprint density at radius 2 is 1.57 bits per heavy atom. The number of nitrogens with one attached hydrogen (secondary N) is 1. The zero-order chi connectivity index (χ0) is 11.0. The predicted molar refractivity (Wildman–Crippen MR) is 64.8 cm³/mol. The second kappa shape index (κ2) is 8.25. The number of hydrogen-bond donors (Lipinski definition) is 1. The van der Waals surface area contributed by atoms with Crippen LogP contribution < -0.4 is 5.32 Å². The van der Waals surface area contributed by atoms with Crippen LogP contribution in [0.4, 0.5) is 0 Å². The molecule has 86 valence electrons. The largest absolute Gasteiger partial charge is 0.313 e. The van der Waals surface area contributed by atoms with Crippen molar-refractivity contribution in [1.29, 1.82) is 0 Å². The minimum Gasteiger partial charge on any atom is -0.313 e. The van der Waals surface area contributed by atoms with Crippen molar-refractivity contribution < 1.29 is 0 Å². The first-order valence-electron chi connectivity index (χ1n) is 6.13. The average Bonchev–Trinajstić information content (AvgIpc) is 2.19. The van der Waals surface area contributed by atoms with Gasteiger partial charge in [-0.05, 0) is 32.9 Å². The SMILES string of the molecule is CCNC(CC)CN(C)C(CC)CC. The van der Waals surface area contributed by atoms with Gasteiger partial charge in [-0.2, -0.15) is 0 Å². The van der Waals surface area contributed by atoms with Gasteiger partial charge in [-0.15, -0.1) is 0 Å². The van der Waals surface area contributed by atoms with E-state index in [2.05, 4.69) is 45.0 Å². The van der Waals surface area contributed by atoms with E-state index in [-0.39, 0.29) is 0 Å². The van der Waals surface area contributed by atoms with E-state index in [1.165, 1.54) is 25.8 Å². The summed E-state index contributed by atoms with van der Waals surface area (Å²) in [4.78, 5) is 2.50. The molecule has 1 atom stereocenters. The molecule has 1 unspecified atom stereocenters. The van der Waals surface area contributed by atoms with E-state index in [0.29, 0.717) is 6.04 Å². The monoisotopic (exact) mass is 200 g/mol. The summed E-state index contributed by atoms with van der Waals surface area (Å²) < 4.78 is 0. The molecule has 2 heteroatoms. The molecule has 0 rings (SSSR count). The molecule has 0 saturated carbocycles. The van der Waals surface area contributed by atoms with Gasteiger partial charge in [-0.3, -0.25) is 0 Å². The van der Waals surface area contributed by atoms with Gasteiger partial charge in [0.15, 0.2) is 0 Å². The number of hydrogen-bond acceptors (Lipinski definition) is 2. The highest BCUT2D eigenvalue weighted by Gasteiger charge is 2.14. The minimum atomic E-state index is 0.658. The molecule has 0 aliphatic rings. The maximum absolute atomic E-state index is 3.52. The average molecular weight is 200 g/mol. The molecule has 0 aliphatic carbocycles. The van der Waals surface area contributed by atoms with Crippen molar-refractivity contribution in [2.24, 2.45) is 0 Å². The highest BCUT2D eigenvalue weighted by molar-refractivity contribution is 4.73. The molecule has 0 aliphatic heterocycles. The fourth-order valence-electron chi connectivity index (χ4n) is 2.04. The van der Waals surface area contributed by atoms with Gasteiger partial charge in [0.05, 0.1) is 0 Å². The molecular formula is C12H28N2. The molecule has 0 amide bonds. The Bertz CT molecular complexity index is 121. The summed E-state index contributed by atoms with van der Waals surface area (Å²) in [6.45, 7) is 11.2. The number of rotatable bonds is 8. The Balaban J connectivity index is 3.92. The summed E-state index contributed by atoms with van der Waals surface area (Å²) in [7, 11) is 2.25. The van der Waals surface area contributed by atoms with Crippen LogP contribution in [0.1, 0.15) is 47.0 Å². The Labute approximate surface area is 90.1 Å². The zero-order valence-corrected chi connectivity index (χ0v) is 10.6. The molecular weight excluding hydrogens is 172 g/mol. The summed E-state index contributed by atoms with van der Waals surface area (Å²) in [6.07, 6.45) is 3.74. The zero-order valence-electron chi connectivity index (χ0n) is 10.6. The molecule has 1 N–H and O–H groups in total. The lowest BCUT2D eigenvalue weighted by Crippen LogP contribution is -2.42. The van der Waals surface area contributed by atoms with E-state index in [0.717, 1.165) is 12.6 Å². The van der Waals surface area contributed by atoms with E-state index in [9.17, 15) is 0 Å². The molecule has 14 heavy (non-hydrogen) atoms. The topological polar surface area (TPSA) is 15.3 Å². The van der Waals surface area contributed by atoms with E-state index in [1.807, 2.05) is 0 Å². The standard InChI is InChI=1S/C12H28N2/c1-6-11(13-9-4)10-14(5)12(7-2)8-3/h11-13H,6-10H2,1-5H3. The van der Waals surface area contributed by atoms with E-state index in [1.54, 1.807) is 0 Å². The second-order valence-corrected chi connectivity index (χ2v) is 4.07. The van der Waals surface area contributed by atoms with Crippen LogP contribution in [0.5, 0.6) is 0 Å². The molecule has 0 radical (unpaired) electrons. The van der Waals surface area contributed by atoms with Crippen molar-refractivity contribution in [3.05, 3.63) is 0 Å². The predicted octanol–water partition coefficient (Wildman–Crippen LogP) is 2.49. The van der Waals surface area contributed by atoms with Crippen LogP contribution in [-0.4, -0.2) is 37.1 Å². The van der Waals surface area contributed by atoms with Gasteiger partial charge in [0.2, 0.25) is 0 Å². The molecule has 0 aromatic heterocycles. The first-order chi connectivity index (χ1) is 6.69. The molecule has 0 bridgehead atoms. The van der Waals surface area contributed by atoms with E-state index >= 15 is 0 Å². The maximum atomic E-state index is 3.52. The summed E-state index contributed by atoms with van der Waals surface area (Å²) >= 11 is 0. The quantitative estimate of drug-likeness (QED) is 0.647. The van der Waals surface area contributed by atoms with E-state index in [4.69, 9.17) is 0 Å². The van der Waals surface area contributed by atoms with Crippen molar-refractivity contribution in [1.82, 2.24) is 10.2 Å². The molecule has 0 aromatic rings. The van der Waals surface area contributed by atoms with E-state index < -0.39 is 0 Å². The second-order valence-electron chi connectivity index (χ2n) is 4.07. The third kappa shape index (κ3) is 4.97. The highest BCUT2D eigenvalue weighted by atomic mass is 15.1. The first kappa shape index (κ1) is 13.9. The molecule has 0 aromatic carbocycles. The first-order valence-corrected chi connectivity index (χ1v) is 6.13. The van der Waals surface area contributed by atoms with Gasteiger partial charge < -0.3 is 10.2 Å². The smallest absolute Gasteiger partial charge is 0.0192 e. The van der Waals surface area contributed by atoms with Gasteiger partial charge in [0.25, 0.3) is 0 Å². The lowest BCUT2D eigenvalue weighted by Gasteiger charge is -2.30.